The number of carbonyl (C=O) groups is 2. The third-order valence-corrected chi connectivity index (χ3v) is 5.60. The van der Waals surface area contributed by atoms with Gasteiger partial charge >= 0.3 is 5.97 Å². The number of carbonyl (C=O) groups excluding carboxylic acids is 2. The molecule has 4 atom stereocenters. The van der Waals surface area contributed by atoms with Gasteiger partial charge in [-0.1, -0.05) is 32.0 Å². The molecule has 3 heterocycles. The van der Waals surface area contributed by atoms with Crippen molar-refractivity contribution in [2.24, 2.45) is 5.92 Å². The van der Waals surface area contributed by atoms with Gasteiger partial charge in [0.05, 0.1) is 18.2 Å². The number of nitrogens with one attached hydrogen (secondary N) is 1. The number of rotatable bonds is 6. The van der Waals surface area contributed by atoms with E-state index in [-0.39, 0.29) is 11.5 Å². The Morgan fingerprint density at radius 1 is 1.29 bits per heavy atom. The summed E-state index contributed by atoms with van der Waals surface area (Å²) in [5.74, 6) is -1.30. The van der Waals surface area contributed by atoms with Crippen molar-refractivity contribution in [1.29, 1.82) is 5.26 Å². The molecule has 11 nitrogen and oxygen atoms in total. The molecule has 0 saturated carbocycles. The van der Waals surface area contributed by atoms with Gasteiger partial charge in [0.15, 0.2) is 11.9 Å². The molecule has 1 aromatic carbocycles. The summed E-state index contributed by atoms with van der Waals surface area (Å²) < 4.78 is 12.5. The van der Waals surface area contributed by atoms with E-state index in [1.165, 1.54) is 16.9 Å². The molecule has 1 saturated heterocycles. The van der Waals surface area contributed by atoms with Crippen molar-refractivity contribution in [2.45, 2.75) is 37.8 Å². The molecule has 1 aliphatic rings. The number of aromatic nitrogens is 3. The highest BCUT2D eigenvalue weighted by Crippen LogP contribution is 2.41. The van der Waals surface area contributed by atoms with Crippen LogP contribution < -0.4 is 5.32 Å². The molecule has 0 unspecified atom stereocenters. The number of hydrogen-bond acceptors (Lipinski definition) is 9. The van der Waals surface area contributed by atoms with Gasteiger partial charge in [-0.15, -0.1) is 0 Å². The molecule has 0 aliphatic carbocycles. The molecule has 0 bridgehead atoms. The quantitative estimate of drug-likeness (QED) is 0.452. The molecule has 3 aromatic rings. The first kappa shape index (κ1) is 23.3. The Balaban J connectivity index is 1.71. The molecule has 11 heteroatoms. The fraction of sp³-hybridized carbons (Fsp3) is 0.348. The van der Waals surface area contributed by atoms with Crippen molar-refractivity contribution >= 4 is 23.2 Å². The molecule has 34 heavy (non-hydrogen) atoms. The first-order chi connectivity index (χ1) is 16.3. The van der Waals surface area contributed by atoms with Gasteiger partial charge < -0.3 is 25.0 Å². The average molecular weight is 465 g/mol. The highest BCUT2D eigenvalue weighted by molar-refractivity contribution is 6.05. The molecule has 1 aliphatic heterocycles. The van der Waals surface area contributed by atoms with E-state index in [9.17, 15) is 25.1 Å². The molecule has 0 spiro atoms. The Hall–Kier alpha value is -3.85. The Morgan fingerprint density at radius 2 is 2.03 bits per heavy atom. The number of esters is 1. The van der Waals surface area contributed by atoms with Crippen LogP contribution in [-0.4, -0.2) is 61.6 Å². The maximum absolute atomic E-state index is 12.6. The van der Waals surface area contributed by atoms with Crippen LogP contribution in [0.3, 0.4) is 0 Å². The van der Waals surface area contributed by atoms with Crippen LogP contribution in [0.5, 0.6) is 0 Å². The van der Waals surface area contributed by atoms with E-state index in [0.29, 0.717) is 11.1 Å². The lowest BCUT2D eigenvalue weighted by molar-refractivity contribution is -0.160. The smallest absolute Gasteiger partial charge is 0.308 e. The molecule has 4 rings (SSSR count). The maximum atomic E-state index is 12.6. The fourth-order valence-electron chi connectivity index (χ4n) is 3.80. The Labute approximate surface area is 194 Å². The number of aliphatic hydroxyl groups excluding tert-OH is 2. The molecule has 2 aromatic heterocycles. The van der Waals surface area contributed by atoms with Gasteiger partial charge in [0.1, 0.15) is 30.1 Å². The lowest BCUT2D eigenvalue weighted by atomic mass is 9.92. The van der Waals surface area contributed by atoms with Crippen LogP contribution >= 0.6 is 0 Å². The lowest BCUT2D eigenvalue weighted by Crippen LogP contribution is -2.43. The minimum Gasteiger partial charge on any atom is -0.456 e. The van der Waals surface area contributed by atoms with Crippen molar-refractivity contribution in [3.8, 4) is 6.07 Å². The molecular formula is C23H23N5O6. The highest BCUT2D eigenvalue weighted by atomic mass is 16.6. The minimum absolute atomic E-state index is 0.122. The zero-order chi connectivity index (χ0) is 24.5. The maximum Gasteiger partial charge on any atom is 0.308 e. The van der Waals surface area contributed by atoms with Crippen LogP contribution in [0.4, 0.5) is 5.82 Å². The summed E-state index contributed by atoms with van der Waals surface area (Å²) >= 11 is 0. The van der Waals surface area contributed by atoms with Crippen molar-refractivity contribution in [3.05, 3.63) is 60.0 Å². The lowest BCUT2D eigenvalue weighted by Gasteiger charge is -2.25. The second-order valence-corrected chi connectivity index (χ2v) is 8.13. The van der Waals surface area contributed by atoms with Crippen molar-refractivity contribution < 1.29 is 29.3 Å². The fourth-order valence-corrected chi connectivity index (χ4v) is 3.80. The van der Waals surface area contributed by atoms with Crippen LogP contribution in [0.25, 0.3) is 5.52 Å². The minimum atomic E-state index is -2.00. The summed E-state index contributed by atoms with van der Waals surface area (Å²) in [6, 6.07) is 13.6. The first-order valence-corrected chi connectivity index (χ1v) is 10.6. The number of fused-ring (bicyclic) bond motifs is 1. The predicted molar refractivity (Wildman–Crippen MR) is 117 cm³/mol. The zero-order valence-corrected chi connectivity index (χ0v) is 18.5. The van der Waals surface area contributed by atoms with E-state index in [1.807, 2.05) is 6.07 Å². The number of amides is 1. The Bertz CT molecular complexity index is 1250. The largest absolute Gasteiger partial charge is 0.456 e. The van der Waals surface area contributed by atoms with Gasteiger partial charge in [-0.25, -0.2) is 9.50 Å². The number of aliphatic hydroxyl groups is 2. The molecule has 0 radical (unpaired) electrons. The normalized spacial score (nSPS) is 24.2. The van der Waals surface area contributed by atoms with Crippen molar-refractivity contribution in [3.63, 3.8) is 0 Å². The second kappa shape index (κ2) is 9.18. The SMILES string of the molecule is CC(C)C(=O)O[C@H]1[C@@H](O)[C@](C#N)(c2ccc3c(NC(=O)c4ccccc4)ncnn23)O[C@@H]1CO. The van der Waals surface area contributed by atoms with Gasteiger partial charge in [0.2, 0.25) is 5.60 Å². The van der Waals surface area contributed by atoms with E-state index in [2.05, 4.69) is 15.4 Å². The van der Waals surface area contributed by atoms with Crippen LogP contribution in [-0.2, 0) is 19.9 Å². The predicted octanol–water partition coefficient (Wildman–Crippen LogP) is 1.02. The summed E-state index contributed by atoms with van der Waals surface area (Å²) in [5.41, 5.74) is -1.11. The number of ether oxygens (including phenoxy) is 2. The number of hydrogen-bond donors (Lipinski definition) is 3. The average Bonchev–Trinajstić information content (AvgIpc) is 3.40. The van der Waals surface area contributed by atoms with Crippen molar-refractivity contribution in [2.75, 3.05) is 11.9 Å². The first-order valence-electron chi connectivity index (χ1n) is 10.6. The molecule has 3 N–H and O–H groups in total. The third-order valence-electron chi connectivity index (χ3n) is 5.60. The van der Waals surface area contributed by atoms with Gasteiger partial charge in [-0.3, -0.25) is 9.59 Å². The van der Waals surface area contributed by atoms with Crippen LogP contribution in [0.15, 0.2) is 48.8 Å². The van der Waals surface area contributed by atoms with Gasteiger partial charge in [0, 0.05) is 5.56 Å². The van der Waals surface area contributed by atoms with E-state index < -0.39 is 48.3 Å². The highest BCUT2D eigenvalue weighted by Gasteiger charge is 2.59. The molecule has 1 amide bonds. The van der Waals surface area contributed by atoms with E-state index in [4.69, 9.17) is 9.47 Å². The summed E-state index contributed by atoms with van der Waals surface area (Å²) in [6.07, 6.45) is -2.84. The zero-order valence-electron chi connectivity index (χ0n) is 18.5. The molecular weight excluding hydrogens is 442 g/mol. The van der Waals surface area contributed by atoms with Gasteiger partial charge in [-0.2, -0.15) is 10.4 Å². The topological polar surface area (TPSA) is 159 Å². The number of nitrogens with zero attached hydrogens (tertiary/aromatic N) is 4. The molecule has 1 fully saturated rings. The van der Waals surface area contributed by atoms with Crippen LogP contribution in [0, 0.1) is 17.2 Å². The molecule has 176 valence electrons. The van der Waals surface area contributed by atoms with E-state index >= 15 is 0 Å². The number of anilines is 1. The van der Waals surface area contributed by atoms with E-state index in [1.54, 1.807) is 50.2 Å². The summed E-state index contributed by atoms with van der Waals surface area (Å²) in [4.78, 5) is 28.9. The Morgan fingerprint density at radius 3 is 2.68 bits per heavy atom. The summed E-state index contributed by atoms with van der Waals surface area (Å²) in [5, 5.41) is 37.8. The monoisotopic (exact) mass is 465 g/mol. The van der Waals surface area contributed by atoms with Gasteiger partial charge in [0.25, 0.3) is 5.91 Å². The van der Waals surface area contributed by atoms with Crippen LogP contribution in [0.1, 0.15) is 29.9 Å². The number of benzene rings is 1. The van der Waals surface area contributed by atoms with E-state index in [0.717, 1.165) is 0 Å². The van der Waals surface area contributed by atoms with Crippen LogP contribution in [0.2, 0.25) is 0 Å². The van der Waals surface area contributed by atoms with Gasteiger partial charge in [-0.05, 0) is 24.3 Å². The summed E-state index contributed by atoms with van der Waals surface area (Å²) in [7, 11) is 0. The van der Waals surface area contributed by atoms with Crippen molar-refractivity contribution in [1.82, 2.24) is 14.6 Å². The Kier molecular flexibility index (Phi) is 6.30. The standard InChI is InChI=1S/C23H23N5O6/c1-13(2)22(32)33-18-16(10-29)34-23(11-24,19(18)30)17-9-8-15-20(25-12-26-28(15)17)27-21(31)14-6-4-3-5-7-14/h3-9,12-13,16,18-19,29-30H,10H2,1-2H3,(H,25,26,27,31)/t16-,18-,19-,23+/m1/s1. The third kappa shape index (κ3) is 3.88. The number of nitriles is 1. The second-order valence-electron chi connectivity index (χ2n) is 8.13. The summed E-state index contributed by atoms with van der Waals surface area (Å²) in [6.45, 7) is 2.66.